The molecule has 8 nitrogen and oxygen atoms in total. The molecular weight excluding hydrogens is 490 g/mol. The number of methoxy groups -OCH3 is 1. The number of pyridine rings is 1. The van der Waals surface area contributed by atoms with Crippen molar-refractivity contribution in [3.8, 4) is 11.6 Å². The number of nitrogens with zero attached hydrogens (tertiary/aromatic N) is 3. The number of unbranched alkanes of at least 4 members (excludes halogenated alkanes) is 1. The number of thioether (sulfide) groups is 1. The van der Waals surface area contributed by atoms with Crippen LogP contribution in [0.1, 0.15) is 18.4 Å². The van der Waals surface area contributed by atoms with Gasteiger partial charge in [0.15, 0.2) is 0 Å². The van der Waals surface area contributed by atoms with E-state index >= 15 is 0 Å². The second-order valence-electron chi connectivity index (χ2n) is 9.10. The molecular formula is C28H33N3O5S. The van der Waals surface area contributed by atoms with Gasteiger partial charge < -0.3 is 23.8 Å². The van der Waals surface area contributed by atoms with Crippen molar-refractivity contribution in [2.75, 3.05) is 63.9 Å². The Bertz CT molecular complexity index is 1220. The van der Waals surface area contributed by atoms with E-state index in [2.05, 4.69) is 37.7 Å². The molecule has 0 spiro atoms. The van der Waals surface area contributed by atoms with E-state index in [4.69, 9.17) is 14.2 Å². The zero-order valence-electron chi connectivity index (χ0n) is 21.2. The molecule has 2 aliphatic heterocycles. The van der Waals surface area contributed by atoms with Gasteiger partial charge in [0.2, 0.25) is 12.7 Å². The molecule has 0 amide bonds. The third-order valence-corrected chi connectivity index (χ3v) is 7.86. The van der Waals surface area contributed by atoms with Crippen molar-refractivity contribution in [1.82, 2.24) is 9.88 Å². The molecule has 3 aromatic rings. The predicted molar refractivity (Wildman–Crippen MR) is 145 cm³/mol. The summed E-state index contributed by atoms with van der Waals surface area (Å²) < 4.78 is 20.5. The van der Waals surface area contributed by atoms with Crippen molar-refractivity contribution in [1.29, 1.82) is 0 Å². The number of hydrogen-bond acceptors (Lipinski definition) is 9. The SMILES string of the molecule is COC(=O)OCOc1ccc2ccc(OCCCCN3CCN(c4cccc5c4CCS5)CC3)cc2n1. The number of aromatic nitrogens is 1. The lowest BCUT2D eigenvalue weighted by Crippen LogP contribution is -2.47. The standard InChI is InChI=1S/C28H33N3O5S/c1-33-28(32)36-20-35-27-10-8-21-7-9-22(19-24(21)29-27)34-17-3-2-12-30-13-15-31(16-14-30)25-5-4-6-26-23(25)11-18-37-26/h4-10,19H,2-3,11-18,20H2,1H3. The minimum atomic E-state index is -0.798. The quantitative estimate of drug-likeness (QED) is 0.208. The summed E-state index contributed by atoms with van der Waals surface area (Å²) in [5.41, 5.74) is 3.76. The Hall–Kier alpha value is -3.17. The van der Waals surface area contributed by atoms with E-state index in [0.29, 0.717) is 12.5 Å². The fraction of sp³-hybridized carbons (Fsp3) is 0.429. The van der Waals surface area contributed by atoms with Gasteiger partial charge in [0, 0.05) is 60.0 Å². The van der Waals surface area contributed by atoms with Crippen LogP contribution in [0.4, 0.5) is 10.5 Å². The van der Waals surface area contributed by atoms with E-state index in [9.17, 15) is 4.79 Å². The summed E-state index contributed by atoms with van der Waals surface area (Å²) in [5, 5.41) is 0.979. The molecule has 0 N–H and O–H groups in total. The van der Waals surface area contributed by atoms with Crippen LogP contribution in [0.2, 0.25) is 0 Å². The molecule has 0 aliphatic carbocycles. The van der Waals surface area contributed by atoms with Gasteiger partial charge in [-0.3, -0.25) is 4.90 Å². The number of piperazine rings is 1. The van der Waals surface area contributed by atoms with Crippen LogP contribution < -0.4 is 14.4 Å². The van der Waals surface area contributed by atoms with Crippen LogP contribution in [-0.2, 0) is 15.9 Å². The first-order chi connectivity index (χ1) is 18.2. The van der Waals surface area contributed by atoms with Crippen molar-refractivity contribution < 1.29 is 23.7 Å². The smallest absolute Gasteiger partial charge is 0.494 e. The summed E-state index contributed by atoms with van der Waals surface area (Å²) in [6.45, 7) is 5.94. The van der Waals surface area contributed by atoms with Crippen LogP contribution in [0.3, 0.4) is 0 Å². The molecule has 1 saturated heterocycles. The molecule has 9 heteroatoms. The zero-order valence-corrected chi connectivity index (χ0v) is 22.0. The zero-order chi connectivity index (χ0) is 25.5. The van der Waals surface area contributed by atoms with E-state index in [1.807, 2.05) is 36.0 Å². The third kappa shape index (κ3) is 6.59. The van der Waals surface area contributed by atoms with Gasteiger partial charge >= 0.3 is 6.16 Å². The number of ether oxygens (including phenoxy) is 4. The van der Waals surface area contributed by atoms with E-state index in [1.165, 1.54) is 29.9 Å². The van der Waals surface area contributed by atoms with Crippen LogP contribution in [-0.4, -0.2) is 75.0 Å². The Kier molecular flexibility index (Phi) is 8.53. The molecule has 5 rings (SSSR count). The number of carbonyl (C=O) groups excluding carboxylic acids is 1. The summed E-state index contributed by atoms with van der Waals surface area (Å²) in [6.07, 6.45) is 2.52. The van der Waals surface area contributed by atoms with Crippen molar-refractivity contribution in [3.63, 3.8) is 0 Å². The minimum Gasteiger partial charge on any atom is -0.494 e. The molecule has 1 fully saturated rings. The molecule has 0 radical (unpaired) electrons. The normalized spacial score (nSPS) is 15.4. The molecule has 0 saturated carbocycles. The Morgan fingerprint density at radius 3 is 2.76 bits per heavy atom. The number of carbonyl (C=O) groups is 1. The minimum absolute atomic E-state index is 0.260. The molecule has 0 atom stereocenters. The van der Waals surface area contributed by atoms with Gasteiger partial charge in [0.1, 0.15) is 5.75 Å². The monoisotopic (exact) mass is 523 g/mol. The van der Waals surface area contributed by atoms with Crippen LogP contribution in [0.5, 0.6) is 11.6 Å². The first kappa shape index (κ1) is 25.5. The second-order valence-corrected chi connectivity index (χ2v) is 10.2. The highest BCUT2D eigenvalue weighted by molar-refractivity contribution is 7.99. The Morgan fingerprint density at radius 2 is 1.89 bits per heavy atom. The van der Waals surface area contributed by atoms with Crippen LogP contribution in [0.15, 0.2) is 53.4 Å². The summed E-state index contributed by atoms with van der Waals surface area (Å²) >= 11 is 1.99. The van der Waals surface area contributed by atoms with Gasteiger partial charge in [-0.15, -0.1) is 11.8 Å². The summed E-state index contributed by atoms with van der Waals surface area (Å²) in [4.78, 5) is 22.1. The van der Waals surface area contributed by atoms with Crippen molar-refractivity contribution in [2.45, 2.75) is 24.2 Å². The number of rotatable bonds is 10. The molecule has 1 aromatic heterocycles. The van der Waals surface area contributed by atoms with E-state index < -0.39 is 6.16 Å². The maximum Gasteiger partial charge on any atom is 0.510 e. The molecule has 37 heavy (non-hydrogen) atoms. The highest BCUT2D eigenvalue weighted by Crippen LogP contribution is 2.37. The number of fused-ring (bicyclic) bond motifs is 2. The Balaban J connectivity index is 1.02. The molecule has 196 valence electrons. The predicted octanol–water partition coefficient (Wildman–Crippen LogP) is 4.98. The highest BCUT2D eigenvalue weighted by atomic mass is 32.2. The molecule has 0 bridgehead atoms. The van der Waals surface area contributed by atoms with Crippen molar-refractivity contribution >= 4 is 34.5 Å². The van der Waals surface area contributed by atoms with E-state index in [1.54, 1.807) is 11.6 Å². The summed E-state index contributed by atoms with van der Waals surface area (Å²) in [5.74, 6) is 2.36. The molecule has 2 aliphatic rings. The largest absolute Gasteiger partial charge is 0.510 e. The molecule has 3 heterocycles. The second kappa shape index (κ2) is 12.4. The van der Waals surface area contributed by atoms with Gasteiger partial charge in [-0.25, -0.2) is 9.78 Å². The van der Waals surface area contributed by atoms with Gasteiger partial charge in [-0.1, -0.05) is 6.07 Å². The number of benzene rings is 2. The number of hydrogen-bond donors (Lipinski definition) is 0. The summed E-state index contributed by atoms with van der Waals surface area (Å²) in [6, 6.07) is 16.3. The fourth-order valence-electron chi connectivity index (χ4n) is 4.79. The average molecular weight is 524 g/mol. The Labute approximate surface area is 221 Å². The van der Waals surface area contributed by atoms with Crippen molar-refractivity contribution in [3.05, 3.63) is 54.1 Å². The van der Waals surface area contributed by atoms with Crippen LogP contribution in [0.25, 0.3) is 10.9 Å². The van der Waals surface area contributed by atoms with Crippen LogP contribution >= 0.6 is 11.8 Å². The van der Waals surface area contributed by atoms with Crippen LogP contribution in [0, 0.1) is 0 Å². The van der Waals surface area contributed by atoms with Gasteiger partial charge in [-0.05, 0) is 61.7 Å². The topological polar surface area (TPSA) is 73.4 Å². The lowest BCUT2D eigenvalue weighted by Gasteiger charge is -2.37. The Morgan fingerprint density at radius 1 is 1.03 bits per heavy atom. The average Bonchev–Trinajstić information content (AvgIpc) is 3.42. The van der Waals surface area contributed by atoms with Gasteiger partial charge in [-0.2, -0.15) is 0 Å². The fourth-order valence-corrected chi connectivity index (χ4v) is 5.87. The molecule has 2 aromatic carbocycles. The van der Waals surface area contributed by atoms with E-state index in [0.717, 1.165) is 62.2 Å². The summed E-state index contributed by atoms with van der Waals surface area (Å²) in [7, 11) is 1.24. The van der Waals surface area contributed by atoms with Crippen molar-refractivity contribution in [2.24, 2.45) is 0 Å². The highest BCUT2D eigenvalue weighted by Gasteiger charge is 2.22. The van der Waals surface area contributed by atoms with Gasteiger partial charge in [0.25, 0.3) is 0 Å². The maximum atomic E-state index is 11.0. The lowest BCUT2D eigenvalue weighted by molar-refractivity contribution is 0.0134. The number of anilines is 1. The van der Waals surface area contributed by atoms with Gasteiger partial charge in [0.05, 0.1) is 19.2 Å². The first-order valence-electron chi connectivity index (χ1n) is 12.8. The van der Waals surface area contributed by atoms with E-state index in [-0.39, 0.29) is 6.79 Å². The lowest BCUT2D eigenvalue weighted by atomic mass is 10.1. The first-order valence-corrected chi connectivity index (χ1v) is 13.8. The maximum absolute atomic E-state index is 11.0. The molecule has 0 unspecified atom stereocenters. The third-order valence-electron chi connectivity index (χ3n) is 6.76.